The molecule has 0 unspecified atom stereocenters. The van der Waals surface area contributed by atoms with Crippen LogP contribution in [0.15, 0.2) is 30.6 Å². The fourth-order valence-corrected chi connectivity index (χ4v) is 4.75. The fourth-order valence-electron chi connectivity index (χ4n) is 4.75. The van der Waals surface area contributed by atoms with E-state index in [0.717, 1.165) is 39.0 Å². The highest BCUT2D eigenvalue weighted by Crippen LogP contribution is 2.41. The highest BCUT2D eigenvalue weighted by atomic mass is 16.2. The smallest absolute Gasteiger partial charge is 0.241 e. The number of anilines is 4. The molecule has 0 saturated heterocycles. The van der Waals surface area contributed by atoms with E-state index < -0.39 is 5.41 Å². The van der Waals surface area contributed by atoms with Crippen molar-refractivity contribution < 1.29 is 9.59 Å². The number of aromatic nitrogens is 5. The highest BCUT2D eigenvalue weighted by Gasteiger charge is 2.41. The summed E-state index contributed by atoms with van der Waals surface area (Å²) in [5.74, 6) is 1.43. The molecule has 6 rings (SSSR count). The minimum Gasteiger partial charge on any atom is -0.383 e. The van der Waals surface area contributed by atoms with E-state index in [4.69, 9.17) is 5.73 Å². The number of pyridine rings is 3. The van der Waals surface area contributed by atoms with E-state index in [-0.39, 0.29) is 18.4 Å². The first-order valence-corrected chi connectivity index (χ1v) is 11.7. The lowest BCUT2D eigenvalue weighted by Crippen LogP contribution is -2.27. The van der Waals surface area contributed by atoms with Gasteiger partial charge in [0.05, 0.1) is 22.5 Å². The summed E-state index contributed by atoms with van der Waals surface area (Å²) in [6, 6.07) is 5.74. The molecule has 11 heteroatoms. The maximum Gasteiger partial charge on any atom is 0.241 e. The third kappa shape index (κ3) is 3.43. The number of rotatable bonds is 3. The quantitative estimate of drug-likeness (QED) is 0.347. The summed E-state index contributed by atoms with van der Waals surface area (Å²) in [5.41, 5.74) is 10.4. The van der Waals surface area contributed by atoms with E-state index in [2.05, 4.69) is 36.0 Å². The van der Waals surface area contributed by atoms with Crippen LogP contribution in [-0.2, 0) is 28.0 Å². The average Bonchev–Trinajstić information content (AvgIpc) is 3.23. The van der Waals surface area contributed by atoms with Crippen molar-refractivity contribution in [3.05, 3.63) is 47.5 Å². The second-order valence-electron chi connectivity index (χ2n) is 9.69. The van der Waals surface area contributed by atoms with E-state index in [1.165, 1.54) is 0 Å². The number of carbonyl (C=O) groups excluding carboxylic acids is 2. The number of carbonyl (C=O) groups is 2. The maximum atomic E-state index is 12.4. The second-order valence-corrected chi connectivity index (χ2v) is 9.69. The van der Waals surface area contributed by atoms with E-state index >= 15 is 0 Å². The summed E-state index contributed by atoms with van der Waals surface area (Å²) >= 11 is 0. The zero-order valence-corrected chi connectivity index (χ0v) is 20.1. The number of fused-ring (bicyclic) bond motifs is 3. The van der Waals surface area contributed by atoms with Crippen LogP contribution in [0.3, 0.4) is 0 Å². The molecule has 0 spiro atoms. The Morgan fingerprint density at radius 1 is 1.11 bits per heavy atom. The number of hydrogen-bond donors (Lipinski definition) is 4. The molecule has 0 saturated carbocycles. The molecule has 0 bridgehead atoms. The van der Waals surface area contributed by atoms with Gasteiger partial charge in [0.25, 0.3) is 0 Å². The Bertz CT molecular complexity index is 1590. The number of nitrogens with two attached hydrogens (primary N) is 1. The lowest BCUT2D eigenvalue weighted by atomic mass is 9.89. The van der Waals surface area contributed by atoms with Gasteiger partial charge in [-0.3, -0.25) is 19.3 Å². The molecular formula is C25H25N9O2. The molecule has 2 aliphatic rings. The Morgan fingerprint density at radius 2 is 1.94 bits per heavy atom. The summed E-state index contributed by atoms with van der Waals surface area (Å²) in [4.78, 5) is 37.9. The molecule has 0 atom stereocenters. The van der Waals surface area contributed by atoms with Gasteiger partial charge in [0.1, 0.15) is 18.2 Å². The van der Waals surface area contributed by atoms with Crippen molar-refractivity contribution in [2.45, 2.75) is 39.2 Å². The van der Waals surface area contributed by atoms with Crippen LogP contribution in [0.2, 0.25) is 0 Å². The lowest BCUT2D eigenvalue weighted by molar-refractivity contribution is -0.121. The number of nitrogens with one attached hydrogen (secondary N) is 3. The van der Waals surface area contributed by atoms with Gasteiger partial charge in [0.2, 0.25) is 11.8 Å². The summed E-state index contributed by atoms with van der Waals surface area (Å²) in [5, 5.41) is 15.1. The van der Waals surface area contributed by atoms with E-state index in [0.29, 0.717) is 36.1 Å². The molecule has 4 aromatic heterocycles. The Labute approximate surface area is 206 Å². The SMILES string of the molecule is Cc1c(-c2cc3cc(Nc4cc5n(n4)CC(=O)NCC5)ncc3c(N)n2)cnc2c1NC(=O)C2(C)C. The Kier molecular flexibility index (Phi) is 4.72. The molecule has 11 nitrogen and oxygen atoms in total. The molecule has 2 aliphatic heterocycles. The van der Waals surface area contributed by atoms with Crippen molar-refractivity contribution in [1.82, 2.24) is 30.0 Å². The van der Waals surface area contributed by atoms with Crippen LogP contribution in [0.25, 0.3) is 22.0 Å². The van der Waals surface area contributed by atoms with Crippen LogP contribution in [0.5, 0.6) is 0 Å². The van der Waals surface area contributed by atoms with Crippen LogP contribution in [0, 0.1) is 6.92 Å². The normalized spacial score (nSPS) is 16.2. The molecule has 182 valence electrons. The average molecular weight is 484 g/mol. The van der Waals surface area contributed by atoms with E-state index in [9.17, 15) is 9.59 Å². The van der Waals surface area contributed by atoms with Gasteiger partial charge in [-0.05, 0) is 43.9 Å². The third-order valence-corrected chi connectivity index (χ3v) is 6.87. The van der Waals surface area contributed by atoms with Crippen molar-refractivity contribution in [1.29, 1.82) is 0 Å². The van der Waals surface area contributed by atoms with Gasteiger partial charge >= 0.3 is 0 Å². The largest absolute Gasteiger partial charge is 0.383 e. The topological polar surface area (TPSA) is 153 Å². The van der Waals surface area contributed by atoms with Gasteiger partial charge < -0.3 is 21.7 Å². The lowest BCUT2D eigenvalue weighted by Gasteiger charge is -2.15. The Hall–Kier alpha value is -4.54. The van der Waals surface area contributed by atoms with E-state index in [1.54, 1.807) is 17.1 Å². The highest BCUT2D eigenvalue weighted by molar-refractivity contribution is 6.06. The van der Waals surface area contributed by atoms with Crippen LogP contribution < -0.4 is 21.7 Å². The maximum absolute atomic E-state index is 12.4. The molecule has 0 radical (unpaired) electrons. The summed E-state index contributed by atoms with van der Waals surface area (Å²) in [6.45, 7) is 6.45. The van der Waals surface area contributed by atoms with Crippen molar-refractivity contribution in [3.63, 3.8) is 0 Å². The van der Waals surface area contributed by atoms with Gasteiger partial charge in [0.15, 0.2) is 5.82 Å². The third-order valence-electron chi connectivity index (χ3n) is 6.87. The van der Waals surface area contributed by atoms with Gasteiger partial charge in [-0.1, -0.05) is 0 Å². The monoisotopic (exact) mass is 483 g/mol. The van der Waals surface area contributed by atoms with Crippen molar-refractivity contribution in [2.24, 2.45) is 0 Å². The minimum absolute atomic E-state index is 0.0535. The Morgan fingerprint density at radius 3 is 2.78 bits per heavy atom. The standard InChI is InChI=1S/C25H25N9O2/c1-12-15(9-29-22-21(12)32-24(36)25(22,2)3)17-6-13-7-18(28-10-16(13)23(26)30-17)31-19-8-14-4-5-27-20(35)11-34(14)33-19/h6-10H,4-5,11H2,1-3H3,(H2,26,30)(H,27,35)(H,32,36)(H,28,31,33). The minimum atomic E-state index is -0.685. The van der Waals surface area contributed by atoms with Crippen molar-refractivity contribution in [2.75, 3.05) is 22.9 Å². The molecule has 36 heavy (non-hydrogen) atoms. The molecule has 0 aromatic carbocycles. The van der Waals surface area contributed by atoms with Crippen LogP contribution in [0.4, 0.5) is 23.1 Å². The first-order chi connectivity index (χ1) is 17.2. The summed E-state index contributed by atoms with van der Waals surface area (Å²) in [6.07, 6.45) is 4.14. The first kappa shape index (κ1) is 22.0. The summed E-state index contributed by atoms with van der Waals surface area (Å²) < 4.78 is 1.70. The molecule has 0 aliphatic carbocycles. The van der Waals surface area contributed by atoms with E-state index in [1.807, 2.05) is 39.0 Å². The fraction of sp³-hybridized carbons (Fsp3) is 0.280. The van der Waals surface area contributed by atoms with Crippen molar-refractivity contribution in [3.8, 4) is 11.3 Å². The van der Waals surface area contributed by atoms with Crippen LogP contribution >= 0.6 is 0 Å². The second kappa shape index (κ2) is 7.74. The van der Waals surface area contributed by atoms with Gasteiger partial charge in [-0.25, -0.2) is 9.97 Å². The number of amides is 2. The first-order valence-electron chi connectivity index (χ1n) is 11.7. The van der Waals surface area contributed by atoms with Gasteiger partial charge in [0, 0.05) is 48.1 Å². The number of nitrogens with zero attached hydrogens (tertiary/aromatic N) is 5. The molecule has 5 N–H and O–H groups in total. The van der Waals surface area contributed by atoms with Crippen LogP contribution in [0.1, 0.15) is 30.8 Å². The zero-order chi connectivity index (χ0) is 25.2. The molecule has 0 fully saturated rings. The number of nitrogen functional groups attached to an aromatic ring is 1. The molecule has 4 aromatic rings. The predicted octanol–water partition coefficient (Wildman–Crippen LogP) is 2.42. The molecule has 6 heterocycles. The van der Waals surface area contributed by atoms with Gasteiger partial charge in [-0.15, -0.1) is 0 Å². The number of hydrogen-bond acceptors (Lipinski definition) is 8. The zero-order valence-electron chi connectivity index (χ0n) is 20.1. The van der Waals surface area contributed by atoms with Crippen LogP contribution in [-0.4, -0.2) is 43.1 Å². The Balaban J connectivity index is 1.36. The van der Waals surface area contributed by atoms with Crippen molar-refractivity contribution >= 4 is 45.7 Å². The predicted molar refractivity (Wildman–Crippen MR) is 136 cm³/mol. The molecular weight excluding hydrogens is 458 g/mol. The summed E-state index contributed by atoms with van der Waals surface area (Å²) in [7, 11) is 0. The molecule has 2 amide bonds. The van der Waals surface area contributed by atoms with Gasteiger partial charge in [-0.2, -0.15) is 5.10 Å².